The molecule has 0 saturated heterocycles. The van der Waals surface area contributed by atoms with Crippen molar-refractivity contribution in [2.24, 2.45) is 0 Å². The lowest BCUT2D eigenvalue weighted by Crippen LogP contribution is -2.08. The minimum Gasteiger partial charge on any atom is -0.469 e. The molecule has 0 aliphatic carbocycles. The van der Waals surface area contributed by atoms with Gasteiger partial charge in [-0.2, -0.15) is 0 Å². The van der Waals surface area contributed by atoms with Crippen LogP contribution in [0.5, 0.6) is 0 Å². The Labute approximate surface area is 97.3 Å². The van der Waals surface area contributed by atoms with Gasteiger partial charge in [-0.25, -0.2) is 0 Å². The van der Waals surface area contributed by atoms with Crippen molar-refractivity contribution in [3.63, 3.8) is 0 Å². The molecular formula is C11H11NO5. The van der Waals surface area contributed by atoms with Gasteiger partial charge >= 0.3 is 5.97 Å². The van der Waals surface area contributed by atoms with Crippen LogP contribution >= 0.6 is 0 Å². The van der Waals surface area contributed by atoms with Crippen LogP contribution in [-0.4, -0.2) is 24.3 Å². The molecule has 0 aliphatic heterocycles. The van der Waals surface area contributed by atoms with E-state index in [0.29, 0.717) is 23.0 Å². The number of rotatable bonds is 4. The van der Waals surface area contributed by atoms with Gasteiger partial charge in [0, 0.05) is 17.7 Å². The molecule has 0 unspecified atom stereocenters. The second-order valence-corrected chi connectivity index (χ2v) is 3.46. The number of aldehydes is 1. The van der Waals surface area contributed by atoms with Gasteiger partial charge in [0.05, 0.1) is 18.5 Å². The third kappa shape index (κ3) is 2.87. The summed E-state index contributed by atoms with van der Waals surface area (Å²) in [6.07, 6.45) is 0.421. The summed E-state index contributed by atoms with van der Waals surface area (Å²) >= 11 is 0. The second kappa shape index (κ2) is 5.20. The largest absolute Gasteiger partial charge is 0.469 e. The predicted molar refractivity (Wildman–Crippen MR) is 58.9 cm³/mol. The third-order valence-corrected chi connectivity index (χ3v) is 2.35. The first-order valence-electron chi connectivity index (χ1n) is 4.79. The van der Waals surface area contributed by atoms with Crippen LogP contribution in [0.25, 0.3) is 0 Å². The Balaban J connectivity index is 3.28. The molecule has 0 fully saturated rings. The van der Waals surface area contributed by atoms with Crippen LogP contribution in [0, 0.1) is 17.0 Å². The number of nitrogens with zero attached hydrogens (tertiary/aromatic N) is 1. The molecule has 1 aromatic rings. The normalized spacial score (nSPS) is 9.76. The number of nitro benzene ring substituents is 1. The van der Waals surface area contributed by atoms with Gasteiger partial charge < -0.3 is 4.74 Å². The van der Waals surface area contributed by atoms with Crippen LogP contribution < -0.4 is 0 Å². The summed E-state index contributed by atoms with van der Waals surface area (Å²) in [6.45, 7) is 1.58. The Morgan fingerprint density at radius 3 is 2.65 bits per heavy atom. The van der Waals surface area contributed by atoms with Gasteiger partial charge in [0.25, 0.3) is 5.69 Å². The van der Waals surface area contributed by atoms with E-state index in [1.165, 1.54) is 19.2 Å². The number of nitro groups is 1. The number of hydrogen-bond donors (Lipinski definition) is 0. The van der Waals surface area contributed by atoms with Crippen LogP contribution in [0.1, 0.15) is 21.5 Å². The van der Waals surface area contributed by atoms with Gasteiger partial charge in [0.2, 0.25) is 0 Å². The van der Waals surface area contributed by atoms with E-state index in [1.54, 1.807) is 6.92 Å². The van der Waals surface area contributed by atoms with E-state index >= 15 is 0 Å². The number of ether oxygens (including phenoxy) is 1. The molecular weight excluding hydrogens is 226 g/mol. The fourth-order valence-corrected chi connectivity index (χ4v) is 1.50. The molecule has 0 bridgehead atoms. The van der Waals surface area contributed by atoms with E-state index in [-0.39, 0.29) is 12.1 Å². The molecule has 6 nitrogen and oxygen atoms in total. The van der Waals surface area contributed by atoms with Gasteiger partial charge in [-0.3, -0.25) is 19.7 Å². The van der Waals surface area contributed by atoms with Gasteiger partial charge in [-0.1, -0.05) is 0 Å². The Morgan fingerprint density at radius 2 is 2.18 bits per heavy atom. The van der Waals surface area contributed by atoms with Crippen LogP contribution in [0.2, 0.25) is 0 Å². The van der Waals surface area contributed by atoms with Crippen LogP contribution in [-0.2, 0) is 16.0 Å². The lowest BCUT2D eigenvalue weighted by molar-refractivity contribution is -0.385. The monoisotopic (exact) mass is 237 g/mol. The van der Waals surface area contributed by atoms with Crippen LogP contribution in [0.4, 0.5) is 5.69 Å². The number of hydrogen-bond acceptors (Lipinski definition) is 5. The molecule has 0 saturated carbocycles. The van der Waals surface area contributed by atoms with Crippen LogP contribution in [0.3, 0.4) is 0 Å². The molecule has 0 spiro atoms. The zero-order valence-corrected chi connectivity index (χ0v) is 9.43. The van der Waals surface area contributed by atoms with E-state index in [2.05, 4.69) is 4.74 Å². The first-order valence-corrected chi connectivity index (χ1v) is 4.79. The summed E-state index contributed by atoms with van der Waals surface area (Å²) in [5.41, 5.74) is 0.916. The Morgan fingerprint density at radius 1 is 1.53 bits per heavy atom. The zero-order chi connectivity index (χ0) is 13.0. The summed E-state index contributed by atoms with van der Waals surface area (Å²) in [5, 5.41) is 10.7. The Kier molecular flexibility index (Phi) is 3.92. The topological polar surface area (TPSA) is 86.5 Å². The van der Waals surface area contributed by atoms with E-state index in [1.807, 2.05) is 0 Å². The molecule has 0 atom stereocenters. The van der Waals surface area contributed by atoms with Gasteiger partial charge in [-0.15, -0.1) is 0 Å². The average Bonchev–Trinajstić information content (AvgIpc) is 2.28. The molecule has 17 heavy (non-hydrogen) atoms. The summed E-state index contributed by atoms with van der Waals surface area (Å²) in [6, 6.07) is 2.51. The SMILES string of the molecule is COC(=O)Cc1cc([N+](=O)[O-])cc(C)c1C=O. The smallest absolute Gasteiger partial charge is 0.310 e. The van der Waals surface area contributed by atoms with Crippen molar-refractivity contribution in [1.29, 1.82) is 0 Å². The molecule has 0 aromatic heterocycles. The average molecular weight is 237 g/mol. The highest BCUT2D eigenvalue weighted by Crippen LogP contribution is 2.21. The maximum absolute atomic E-state index is 11.1. The summed E-state index contributed by atoms with van der Waals surface area (Å²) in [5.74, 6) is -0.548. The first-order chi connectivity index (χ1) is 7.99. The number of carbonyl (C=O) groups excluding carboxylic acids is 2. The highest BCUT2D eigenvalue weighted by molar-refractivity contribution is 5.84. The first kappa shape index (κ1) is 12.8. The zero-order valence-electron chi connectivity index (χ0n) is 9.43. The number of carbonyl (C=O) groups is 2. The van der Waals surface area contributed by atoms with Crippen molar-refractivity contribution < 1.29 is 19.2 Å². The van der Waals surface area contributed by atoms with E-state index in [9.17, 15) is 19.7 Å². The number of esters is 1. The van der Waals surface area contributed by atoms with E-state index in [0.717, 1.165) is 0 Å². The molecule has 0 aliphatic rings. The maximum atomic E-state index is 11.1. The number of non-ortho nitro benzene ring substituents is 1. The summed E-state index contributed by atoms with van der Waals surface area (Å²) in [4.78, 5) is 32.1. The van der Waals surface area contributed by atoms with Crippen molar-refractivity contribution in [1.82, 2.24) is 0 Å². The second-order valence-electron chi connectivity index (χ2n) is 3.46. The maximum Gasteiger partial charge on any atom is 0.310 e. The van der Waals surface area contributed by atoms with Crippen molar-refractivity contribution >= 4 is 17.9 Å². The summed E-state index contributed by atoms with van der Waals surface area (Å²) < 4.78 is 4.47. The number of aryl methyl sites for hydroxylation is 1. The molecule has 0 amide bonds. The molecule has 1 rings (SSSR count). The molecule has 0 N–H and O–H groups in total. The Bertz CT molecular complexity index is 481. The molecule has 0 radical (unpaired) electrons. The van der Waals surface area contributed by atoms with Gasteiger partial charge in [0.1, 0.15) is 0 Å². The molecule has 0 heterocycles. The highest BCUT2D eigenvalue weighted by Gasteiger charge is 2.16. The lowest BCUT2D eigenvalue weighted by atomic mass is 9.99. The number of benzene rings is 1. The fourth-order valence-electron chi connectivity index (χ4n) is 1.50. The van der Waals surface area contributed by atoms with Gasteiger partial charge in [0.15, 0.2) is 6.29 Å². The van der Waals surface area contributed by atoms with Crippen molar-refractivity contribution in [2.45, 2.75) is 13.3 Å². The van der Waals surface area contributed by atoms with Crippen LogP contribution in [0.15, 0.2) is 12.1 Å². The fraction of sp³-hybridized carbons (Fsp3) is 0.273. The van der Waals surface area contributed by atoms with Crippen molar-refractivity contribution in [3.8, 4) is 0 Å². The molecule has 6 heteroatoms. The molecule has 90 valence electrons. The van der Waals surface area contributed by atoms with Crippen molar-refractivity contribution in [3.05, 3.63) is 38.9 Å². The van der Waals surface area contributed by atoms with E-state index in [4.69, 9.17) is 0 Å². The minimum absolute atomic E-state index is 0.146. The predicted octanol–water partition coefficient (Wildman–Crippen LogP) is 1.43. The minimum atomic E-state index is -0.567. The third-order valence-electron chi connectivity index (χ3n) is 2.35. The van der Waals surface area contributed by atoms with Crippen molar-refractivity contribution in [2.75, 3.05) is 7.11 Å². The molecule has 1 aromatic carbocycles. The Hall–Kier alpha value is -2.24. The lowest BCUT2D eigenvalue weighted by Gasteiger charge is -2.06. The summed E-state index contributed by atoms with van der Waals surface area (Å²) in [7, 11) is 1.22. The number of methoxy groups -OCH3 is 1. The highest BCUT2D eigenvalue weighted by atomic mass is 16.6. The standard InChI is InChI=1S/C11H11NO5/c1-7-3-9(12(15)16)4-8(10(7)6-13)5-11(14)17-2/h3-4,6H,5H2,1-2H3. The quantitative estimate of drug-likeness (QED) is 0.342. The van der Waals surface area contributed by atoms with Gasteiger partial charge in [-0.05, 0) is 18.1 Å². The van der Waals surface area contributed by atoms with E-state index < -0.39 is 10.9 Å².